The van der Waals surface area contributed by atoms with Crippen molar-refractivity contribution in [2.75, 3.05) is 38.3 Å². The number of nitrogens with one attached hydrogen (secondary N) is 1. The number of benzene rings is 1. The zero-order chi connectivity index (χ0) is 19.7. The van der Waals surface area contributed by atoms with E-state index >= 15 is 0 Å². The van der Waals surface area contributed by atoms with Crippen LogP contribution in [0.4, 0.5) is 10.5 Å². The monoisotopic (exact) mass is 365 g/mol. The molecule has 0 aliphatic carbocycles. The van der Waals surface area contributed by atoms with Crippen LogP contribution in [-0.2, 0) is 4.74 Å². The van der Waals surface area contributed by atoms with E-state index in [1.807, 2.05) is 57.7 Å². The maximum absolute atomic E-state index is 12.0. The molecule has 0 aliphatic rings. The number of likely N-dealkylation sites (N-methyl/N-ethyl adjacent to an activating group) is 1. The first-order valence-electron chi connectivity index (χ1n) is 8.75. The van der Waals surface area contributed by atoms with E-state index in [1.54, 1.807) is 7.11 Å². The highest BCUT2D eigenvalue weighted by atomic mass is 16.6. The molecule has 0 aromatic heterocycles. The lowest BCUT2D eigenvalue weighted by molar-refractivity contribution is 0.0536. The molecule has 0 bridgehead atoms. The molecule has 1 aromatic carbocycles. The first-order valence-corrected chi connectivity index (χ1v) is 8.75. The fourth-order valence-electron chi connectivity index (χ4n) is 2.38. The van der Waals surface area contributed by atoms with Gasteiger partial charge in [-0.2, -0.15) is 0 Å². The molecule has 7 heteroatoms. The molecule has 1 rings (SSSR count). The van der Waals surface area contributed by atoms with E-state index in [4.69, 9.17) is 14.6 Å². The van der Waals surface area contributed by atoms with Crippen LogP contribution in [0.2, 0.25) is 0 Å². The van der Waals surface area contributed by atoms with Crippen molar-refractivity contribution < 1.29 is 19.4 Å². The van der Waals surface area contributed by atoms with Crippen LogP contribution in [0.15, 0.2) is 23.2 Å². The van der Waals surface area contributed by atoms with Crippen molar-refractivity contribution in [1.29, 1.82) is 0 Å². The smallest absolute Gasteiger partial charge is 0.408 e. The molecular formula is C19H31N3O4. The lowest BCUT2D eigenvalue weighted by atomic mass is 10.1. The van der Waals surface area contributed by atoms with Crippen LogP contribution in [0.5, 0.6) is 5.75 Å². The SMILES string of the molecule is CCN(C(CNC(=O)OC(C)(C)C)=NCCO)c1cc(OC)ccc1C. The molecule has 0 atom stereocenters. The first-order chi connectivity index (χ1) is 12.2. The molecule has 0 aliphatic heterocycles. The van der Waals surface area contributed by atoms with E-state index in [2.05, 4.69) is 10.3 Å². The molecule has 0 radical (unpaired) electrons. The van der Waals surface area contributed by atoms with Crippen LogP contribution in [0.3, 0.4) is 0 Å². The number of carbonyl (C=O) groups excluding carboxylic acids is 1. The van der Waals surface area contributed by atoms with Gasteiger partial charge in [-0.05, 0) is 46.2 Å². The van der Waals surface area contributed by atoms with Crippen LogP contribution >= 0.6 is 0 Å². The fraction of sp³-hybridized carbons (Fsp3) is 0.579. The van der Waals surface area contributed by atoms with Crippen molar-refractivity contribution >= 4 is 17.6 Å². The van der Waals surface area contributed by atoms with Gasteiger partial charge in [0.2, 0.25) is 0 Å². The number of nitrogens with zero attached hydrogens (tertiary/aromatic N) is 2. The second-order valence-electron chi connectivity index (χ2n) is 6.77. The van der Waals surface area contributed by atoms with Crippen molar-refractivity contribution in [2.45, 2.75) is 40.2 Å². The lowest BCUT2D eigenvalue weighted by Gasteiger charge is -2.28. The maximum atomic E-state index is 12.0. The molecule has 2 N–H and O–H groups in total. The summed E-state index contributed by atoms with van der Waals surface area (Å²) in [5.74, 6) is 1.38. The van der Waals surface area contributed by atoms with Gasteiger partial charge in [0.1, 0.15) is 17.2 Å². The van der Waals surface area contributed by atoms with Crippen molar-refractivity contribution in [3.05, 3.63) is 23.8 Å². The molecule has 7 nitrogen and oxygen atoms in total. The molecule has 0 fully saturated rings. The largest absolute Gasteiger partial charge is 0.497 e. The van der Waals surface area contributed by atoms with E-state index in [9.17, 15) is 4.79 Å². The number of ether oxygens (including phenoxy) is 2. The number of amides is 1. The minimum absolute atomic E-state index is 0.0649. The summed E-state index contributed by atoms with van der Waals surface area (Å²) >= 11 is 0. The van der Waals surface area contributed by atoms with Gasteiger partial charge in [-0.3, -0.25) is 4.99 Å². The third-order valence-corrected chi connectivity index (χ3v) is 3.52. The number of anilines is 1. The number of methoxy groups -OCH3 is 1. The lowest BCUT2D eigenvalue weighted by Crippen LogP contribution is -2.42. The minimum Gasteiger partial charge on any atom is -0.497 e. The quantitative estimate of drug-likeness (QED) is 0.573. The molecule has 0 heterocycles. The Bertz CT molecular complexity index is 624. The van der Waals surface area contributed by atoms with Crippen LogP contribution in [0.1, 0.15) is 33.3 Å². The summed E-state index contributed by atoms with van der Waals surface area (Å²) in [6.07, 6.45) is -0.507. The van der Waals surface area contributed by atoms with E-state index in [-0.39, 0.29) is 19.7 Å². The summed E-state index contributed by atoms with van der Waals surface area (Å²) in [5, 5.41) is 11.9. The third-order valence-electron chi connectivity index (χ3n) is 3.52. The summed E-state index contributed by atoms with van der Waals surface area (Å²) in [6, 6.07) is 5.80. The molecule has 0 saturated heterocycles. The Balaban J connectivity index is 3.04. The van der Waals surface area contributed by atoms with Gasteiger partial charge in [-0.25, -0.2) is 4.79 Å². The van der Waals surface area contributed by atoms with E-state index in [1.165, 1.54) is 0 Å². The highest BCUT2D eigenvalue weighted by Crippen LogP contribution is 2.26. The van der Waals surface area contributed by atoms with E-state index < -0.39 is 11.7 Å². The minimum atomic E-state index is -0.569. The molecule has 0 unspecified atom stereocenters. The normalized spacial score (nSPS) is 11.9. The number of aliphatic hydroxyl groups excluding tert-OH is 1. The summed E-state index contributed by atoms with van der Waals surface area (Å²) in [7, 11) is 1.62. The van der Waals surface area contributed by atoms with Gasteiger partial charge in [0.25, 0.3) is 0 Å². The highest BCUT2D eigenvalue weighted by molar-refractivity contribution is 6.01. The van der Waals surface area contributed by atoms with E-state index in [0.717, 1.165) is 17.0 Å². The molecule has 26 heavy (non-hydrogen) atoms. The van der Waals surface area contributed by atoms with Crippen LogP contribution in [-0.4, -0.2) is 56.0 Å². The summed E-state index contributed by atoms with van der Waals surface area (Å²) in [6.45, 7) is 10.5. The number of amidine groups is 1. The summed E-state index contributed by atoms with van der Waals surface area (Å²) in [4.78, 5) is 18.4. The van der Waals surface area contributed by atoms with Gasteiger partial charge >= 0.3 is 6.09 Å². The fourth-order valence-corrected chi connectivity index (χ4v) is 2.38. The highest BCUT2D eigenvalue weighted by Gasteiger charge is 2.19. The number of rotatable bonds is 7. The Morgan fingerprint density at radius 1 is 1.35 bits per heavy atom. The van der Waals surface area contributed by atoms with Crippen LogP contribution < -0.4 is 15.0 Å². The van der Waals surface area contributed by atoms with E-state index in [0.29, 0.717) is 12.4 Å². The second-order valence-corrected chi connectivity index (χ2v) is 6.77. The topological polar surface area (TPSA) is 83.4 Å². The zero-order valence-electron chi connectivity index (χ0n) is 16.6. The first kappa shape index (κ1) is 21.8. The molecule has 1 amide bonds. The average Bonchev–Trinajstić information content (AvgIpc) is 2.57. The number of hydrogen-bond donors (Lipinski definition) is 2. The number of hydrogen-bond acceptors (Lipinski definition) is 5. The Labute approximate surface area is 156 Å². The standard InChI is InChI=1S/C19H31N3O4/c1-7-22(16-12-15(25-6)9-8-14(16)2)17(20-10-11-23)13-21-18(24)26-19(3,4)5/h8-9,12,23H,7,10-11,13H2,1-6H3,(H,21,24). The summed E-state index contributed by atoms with van der Waals surface area (Å²) in [5.41, 5.74) is 1.43. The van der Waals surface area contributed by atoms with Gasteiger partial charge in [0.05, 0.1) is 26.8 Å². The second kappa shape index (κ2) is 10.0. The molecule has 0 spiro atoms. The van der Waals surface area contributed by atoms with Gasteiger partial charge in [-0.15, -0.1) is 0 Å². The number of alkyl carbamates (subject to hydrolysis) is 1. The molecule has 1 aromatic rings. The number of aryl methyl sites for hydroxylation is 1. The van der Waals surface area contributed by atoms with Gasteiger partial charge in [0.15, 0.2) is 0 Å². The zero-order valence-corrected chi connectivity index (χ0v) is 16.6. The Hall–Kier alpha value is -2.28. The molecule has 0 saturated carbocycles. The van der Waals surface area contributed by atoms with Crippen molar-refractivity contribution in [1.82, 2.24) is 5.32 Å². The number of carbonyl (C=O) groups is 1. The van der Waals surface area contributed by atoms with Gasteiger partial charge in [-0.1, -0.05) is 6.07 Å². The molecular weight excluding hydrogens is 334 g/mol. The van der Waals surface area contributed by atoms with Crippen molar-refractivity contribution in [2.24, 2.45) is 4.99 Å². The Kier molecular flexibility index (Phi) is 8.38. The average molecular weight is 365 g/mol. The predicted octanol–water partition coefficient (Wildman–Crippen LogP) is 2.75. The molecule has 146 valence electrons. The third kappa shape index (κ3) is 6.92. The van der Waals surface area contributed by atoms with Gasteiger partial charge < -0.3 is 24.8 Å². The van der Waals surface area contributed by atoms with Gasteiger partial charge in [0, 0.05) is 18.3 Å². The number of aliphatic hydroxyl groups is 1. The predicted molar refractivity (Wildman–Crippen MR) is 104 cm³/mol. The Morgan fingerprint density at radius 2 is 2.04 bits per heavy atom. The Morgan fingerprint density at radius 3 is 2.58 bits per heavy atom. The van der Waals surface area contributed by atoms with Crippen molar-refractivity contribution in [3.8, 4) is 5.75 Å². The van der Waals surface area contributed by atoms with Crippen LogP contribution in [0, 0.1) is 6.92 Å². The number of aliphatic imine (C=N–C) groups is 1. The van der Waals surface area contributed by atoms with Crippen molar-refractivity contribution in [3.63, 3.8) is 0 Å². The maximum Gasteiger partial charge on any atom is 0.408 e. The van der Waals surface area contributed by atoms with Crippen LogP contribution in [0.25, 0.3) is 0 Å². The summed E-state index contributed by atoms with van der Waals surface area (Å²) < 4.78 is 10.6.